The highest BCUT2D eigenvalue weighted by molar-refractivity contribution is 5.77. The van der Waals surface area contributed by atoms with Gasteiger partial charge in [-0.1, -0.05) is 20.3 Å². The van der Waals surface area contributed by atoms with Crippen LogP contribution in [0.3, 0.4) is 0 Å². The zero-order valence-electron chi connectivity index (χ0n) is 16.1. The summed E-state index contributed by atoms with van der Waals surface area (Å²) in [5.74, 6) is 1.35. The fraction of sp³-hybridized carbons (Fsp3) is 0.905. The maximum Gasteiger partial charge on any atom is 0.311 e. The number of fused-ring (bicyclic) bond motifs is 5. The van der Waals surface area contributed by atoms with E-state index >= 15 is 0 Å². The molecular weight excluding hydrogens is 316 g/mol. The molecular formula is C21H32O4. The molecule has 7 atom stereocenters. The van der Waals surface area contributed by atoms with Gasteiger partial charge in [0.2, 0.25) is 0 Å². The monoisotopic (exact) mass is 348 g/mol. The van der Waals surface area contributed by atoms with Crippen LogP contribution in [0.5, 0.6) is 0 Å². The van der Waals surface area contributed by atoms with Gasteiger partial charge in [0.15, 0.2) is 0 Å². The van der Waals surface area contributed by atoms with Crippen molar-refractivity contribution < 1.29 is 19.1 Å². The van der Waals surface area contributed by atoms with E-state index in [1.54, 1.807) is 0 Å². The molecule has 25 heavy (non-hydrogen) atoms. The average Bonchev–Trinajstić information content (AvgIpc) is 2.88. The van der Waals surface area contributed by atoms with E-state index in [1.165, 1.54) is 20.0 Å². The van der Waals surface area contributed by atoms with Crippen molar-refractivity contribution in [3.8, 4) is 0 Å². The summed E-state index contributed by atoms with van der Waals surface area (Å²) in [6.07, 6.45) is 8.24. The molecule has 140 valence electrons. The summed E-state index contributed by atoms with van der Waals surface area (Å²) in [5.41, 5.74) is -0.179. The molecule has 4 fully saturated rings. The Balaban J connectivity index is 1.67. The van der Waals surface area contributed by atoms with Crippen LogP contribution in [0, 0.1) is 34.0 Å². The molecule has 1 aliphatic heterocycles. The average molecular weight is 348 g/mol. The van der Waals surface area contributed by atoms with Gasteiger partial charge in [0.05, 0.1) is 18.9 Å². The second kappa shape index (κ2) is 5.47. The molecule has 0 bridgehead atoms. The van der Waals surface area contributed by atoms with E-state index in [0.29, 0.717) is 24.2 Å². The van der Waals surface area contributed by atoms with Crippen molar-refractivity contribution >= 4 is 11.9 Å². The number of esters is 2. The molecule has 0 aromatic heterocycles. The number of carbonyl (C=O) groups is 2. The summed E-state index contributed by atoms with van der Waals surface area (Å²) in [5, 5.41) is 0. The highest BCUT2D eigenvalue weighted by atomic mass is 16.6. The standard InChI is InChI=1S/C21H32O4/c1-19-11-8-14-13(17(19)25-16(22)12-19)6-7-15-20(14,2)9-5-10-21(15,3)18(23)24-4/h13-15,17H,5-12H2,1-4H3/t13-,14+,15-,17+,19-,20-,21-/m1/s1. The van der Waals surface area contributed by atoms with Gasteiger partial charge in [-0.3, -0.25) is 9.59 Å². The summed E-state index contributed by atoms with van der Waals surface area (Å²) in [7, 11) is 1.52. The lowest BCUT2D eigenvalue weighted by molar-refractivity contribution is -0.188. The van der Waals surface area contributed by atoms with Crippen molar-refractivity contribution in [3.63, 3.8) is 0 Å². The largest absolute Gasteiger partial charge is 0.469 e. The summed E-state index contributed by atoms with van der Waals surface area (Å²) in [4.78, 5) is 24.6. The highest BCUT2D eigenvalue weighted by Crippen LogP contribution is 2.66. The zero-order valence-corrected chi connectivity index (χ0v) is 16.1. The van der Waals surface area contributed by atoms with E-state index < -0.39 is 0 Å². The predicted molar refractivity (Wildman–Crippen MR) is 93.6 cm³/mol. The van der Waals surface area contributed by atoms with Gasteiger partial charge >= 0.3 is 11.9 Å². The Morgan fingerprint density at radius 2 is 1.88 bits per heavy atom. The molecule has 4 nitrogen and oxygen atoms in total. The molecule has 0 radical (unpaired) electrons. The fourth-order valence-corrected chi connectivity index (χ4v) is 7.51. The third kappa shape index (κ3) is 2.24. The van der Waals surface area contributed by atoms with Gasteiger partial charge in [-0.2, -0.15) is 0 Å². The number of carbonyl (C=O) groups excluding carboxylic acids is 2. The Labute approximate surface area is 151 Å². The number of rotatable bonds is 1. The first kappa shape index (κ1) is 17.4. The minimum Gasteiger partial charge on any atom is -0.469 e. The van der Waals surface area contributed by atoms with Crippen molar-refractivity contribution in [2.45, 2.75) is 78.2 Å². The SMILES string of the molecule is COC(=O)[C@]1(C)CCC[C@@]2(C)[C@H]1CC[C@H]1[C@@H]3OC(=O)C[C@@]3(C)CC[C@@H]12. The Bertz CT molecular complexity index is 601. The normalized spacial score (nSPS) is 51.8. The third-order valence-electron chi connectivity index (χ3n) is 8.69. The van der Waals surface area contributed by atoms with E-state index in [9.17, 15) is 9.59 Å². The molecule has 0 spiro atoms. The minimum absolute atomic E-state index is 0.0107. The smallest absolute Gasteiger partial charge is 0.311 e. The van der Waals surface area contributed by atoms with Crippen LogP contribution in [0.1, 0.15) is 72.1 Å². The van der Waals surface area contributed by atoms with Crippen LogP contribution in [0.15, 0.2) is 0 Å². The van der Waals surface area contributed by atoms with E-state index in [0.717, 1.165) is 32.1 Å². The van der Waals surface area contributed by atoms with Gasteiger partial charge in [-0.15, -0.1) is 0 Å². The fourth-order valence-electron chi connectivity index (χ4n) is 7.51. The van der Waals surface area contributed by atoms with Crippen molar-refractivity contribution in [3.05, 3.63) is 0 Å². The lowest BCUT2D eigenvalue weighted by Gasteiger charge is -2.62. The number of hydrogen-bond acceptors (Lipinski definition) is 4. The third-order valence-corrected chi connectivity index (χ3v) is 8.69. The van der Waals surface area contributed by atoms with E-state index in [-0.39, 0.29) is 34.3 Å². The van der Waals surface area contributed by atoms with Gasteiger partial charge < -0.3 is 9.47 Å². The van der Waals surface area contributed by atoms with Gasteiger partial charge in [0.1, 0.15) is 6.10 Å². The molecule has 4 aliphatic rings. The van der Waals surface area contributed by atoms with Crippen LogP contribution >= 0.6 is 0 Å². The number of hydrogen-bond donors (Lipinski definition) is 0. The topological polar surface area (TPSA) is 52.6 Å². The van der Waals surface area contributed by atoms with E-state index in [2.05, 4.69) is 20.8 Å². The molecule has 1 heterocycles. The van der Waals surface area contributed by atoms with Gasteiger partial charge in [0.25, 0.3) is 0 Å². The summed E-state index contributed by atoms with van der Waals surface area (Å²) in [6.45, 7) is 6.78. The highest BCUT2D eigenvalue weighted by Gasteiger charge is 2.64. The Hall–Kier alpha value is -1.06. The van der Waals surface area contributed by atoms with Crippen molar-refractivity contribution in [1.82, 2.24) is 0 Å². The Morgan fingerprint density at radius 3 is 2.60 bits per heavy atom. The molecule has 0 aromatic carbocycles. The molecule has 0 aromatic rings. The molecule has 4 heteroatoms. The summed E-state index contributed by atoms with van der Waals surface area (Å²) >= 11 is 0. The van der Waals surface area contributed by atoms with Gasteiger partial charge in [-0.25, -0.2) is 0 Å². The molecule has 0 N–H and O–H groups in total. The second-order valence-corrected chi connectivity index (χ2v) is 9.95. The Morgan fingerprint density at radius 1 is 1.12 bits per heavy atom. The molecule has 1 saturated heterocycles. The second-order valence-electron chi connectivity index (χ2n) is 9.95. The minimum atomic E-state index is -0.361. The van der Waals surface area contributed by atoms with Crippen molar-refractivity contribution in [2.75, 3.05) is 7.11 Å². The van der Waals surface area contributed by atoms with Crippen LogP contribution in [0.2, 0.25) is 0 Å². The number of methoxy groups -OCH3 is 1. The zero-order chi connectivity index (χ0) is 18.0. The quantitative estimate of drug-likeness (QED) is 0.669. The van der Waals surface area contributed by atoms with Crippen LogP contribution < -0.4 is 0 Å². The first-order chi connectivity index (χ1) is 11.7. The van der Waals surface area contributed by atoms with Gasteiger partial charge in [-0.05, 0) is 68.6 Å². The lowest BCUT2D eigenvalue weighted by Crippen LogP contribution is -2.59. The first-order valence-electron chi connectivity index (χ1n) is 10.0. The van der Waals surface area contributed by atoms with Crippen molar-refractivity contribution in [1.29, 1.82) is 0 Å². The van der Waals surface area contributed by atoms with Crippen molar-refractivity contribution in [2.24, 2.45) is 34.0 Å². The molecule has 3 aliphatic carbocycles. The van der Waals surface area contributed by atoms with Gasteiger partial charge in [0, 0.05) is 5.41 Å². The predicted octanol–water partition coefficient (Wildman–Crippen LogP) is 4.11. The van der Waals surface area contributed by atoms with Crippen LogP contribution in [-0.4, -0.2) is 25.2 Å². The lowest BCUT2D eigenvalue weighted by atomic mass is 9.42. The van der Waals surface area contributed by atoms with Crippen LogP contribution in [0.4, 0.5) is 0 Å². The van der Waals surface area contributed by atoms with E-state index in [4.69, 9.17) is 9.47 Å². The maximum atomic E-state index is 12.6. The molecule has 0 unspecified atom stereocenters. The first-order valence-corrected chi connectivity index (χ1v) is 10.0. The van der Waals surface area contributed by atoms with Crippen LogP contribution in [-0.2, 0) is 19.1 Å². The van der Waals surface area contributed by atoms with Crippen LogP contribution in [0.25, 0.3) is 0 Å². The van der Waals surface area contributed by atoms with E-state index in [1.807, 2.05) is 0 Å². The maximum absolute atomic E-state index is 12.6. The summed E-state index contributed by atoms with van der Waals surface area (Å²) < 4.78 is 11.1. The molecule has 4 rings (SSSR count). The number of ether oxygens (including phenoxy) is 2. The molecule has 3 saturated carbocycles. The Kier molecular flexibility index (Phi) is 3.80. The molecule has 0 amide bonds. The summed E-state index contributed by atoms with van der Waals surface area (Å²) in [6, 6.07) is 0.